The molecule has 162 valence electrons. The van der Waals surface area contributed by atoms with Crippen molar-refractivity contribution in [3.05, 3.63) is 59.2 Å². The number of amides is 1. The first kappa shape index (κ1) is 22.3. The molecule has 1 unspecified atom stereocenters. The zero-order valence-electron chi connectivity index (χ0n) is 17.9. The van der Waals surface area contributed by atoms with E-state index >= 15 is 0 Å². The summed E-state index contributed by atoms with van der Waals surface area (Å²) in [4.78, 5) is 12.9. The van der Waals surface area contributed by atoms with Crippen LogP contribution in [0.15, 0.2) is 47.4 Å². The molecule has 1 amide bonds. The number of sulfonamides is 1. The van der Waals surface area contributed by atoms with E-state index in [1.807, 2.05) is 0 Å². The minimum Gasteiger partial charge on any atom is -0.495 e. The second-order valence-electron chi connectivity index (χ2n) is 8.20. The van der Waals surface area contributed by atoms with Crippen molar-refractivity contribution in [2.75, 3.05) is 14.2 Å². The lowest BCUT2D eigenvalue weighted by atomic mass is 9.97. The van der Waals surface area contributed by atoms with Crippen LogP contribution in [0.4, 0.5) is 0 Å². The molecule has 0 heterocycles. The SMILES string of the molecule is CNS(=O)(=O)c1cc(C(=O)NC(c2ccc(CC(C)C)cc2)C2CC2)ccc1OC. The van der Waals surface area contributed by atoms with E-state index in [0.29, 0.717) is 11.8 Å². The topological polar surface area (TPSA) is 84.5 Å². The second-order valence-corrected chi connectivity index (χ2v) is 10.1. The summed E-state index contributed by atoms with van der Waals surface area (Å²) in [5, 5.41) is 3.11. The van der Waals surface area contributed by atoms with Crippen molar-refractivity contribution in [1.29, 1.82) is 0 Å². The molecule has 7 heteroatoms. The molecule has 0 aromatic heterocycles. The maximum Gasteiger partial charge on any atom is 0.251 e. The third-order valence-corrected chi connectivity index (χ3v) is 6.78. The lowest BCUT2D eigenvalue weighted by Gasteiger charge is -2.20. The Bertz CT molecular complexity index is 996. The highest BCUT2D eigenvalue weighted by molar-refractivity contribution is 7.89. The van der Waals surface area contributed by atoms with E-state index in [9.17, 15) is 13.2 Å². The summed E-state index contributed by atoms with van der Waals surface area (Å²) in [7, 11) is -1.03. The smallest absolute Gasteiger partial charge is 0.251 e. The first-order chi connectivity index (χ1) is 14.2. The maximum absolute atomic E-state index is 13.0. The zero-order chi connectivity index (χ0) is 21.9. The number of nitrogens with one attached hydrogen (secondary N) is 2. The van der Waals surface area contributed by atoms with Crippen LogP contribution in [0.2, 0.25) is 0 Å². The molecule has 1 aliphatic carbocycles. The van der Waals surface area contributed by atoms with E-state index in [1.54, 1.807) is 6.07 Å². The van der Waals surface area contributed by atoms with Gasteiger partial charge in [-0.3, -0.25) is 4.79 Å². The van der Waals surface area contributed by atoms with Gasteiger partial charge < -0.3 is 10.1 Å². The number of carbonyl (C=O) groups is 1. The van der Waals surface area contributed by atoms with Gasteiger partial charge in [-0.1, -0.05) is 38.1 Å². The Labute approximate surface area is 179 Å². The molecule has 0 saturated heterocycles. The van der Waals surface area contributed by atoms with E-state index in [0.717, 1.165) is 24.8 Å². The molecule has 2 aromatic carbocycles. The van der Waals surface area contributed by atoms with E-state index in [4.69, 9.17) is 4.74 Å². The molecule has 1 saturated carbocycles. The Kier molecular flexibility index (Phi) is 6.83. The molecule has 0 aliphatic heterocycles. The molecule has 1 aliphatic rings. The highest BCUT2D eigenvalue weighted by atomic mass is 32.2. The summed E-state index contributed by atoms with van der Waals surface area (Å²) in [6, 6.07) is 12.8. The summed E-state index contributed by atoms with van der Waals surface area (Å²) >= 11 is 0. The Morgan fingerprint density at radius 2 is 1.80 bits per heavy atom. The molecule has 2 N–H and O–H groups in total. The number of methoxy groups -OCH3 is 1. The molecule has 3 rings (SSSR count). The summed E-state index contributed by atoms with van der Waals surface area (Å²) in [5.41, 5.74) is 2.65. The van der Waals surface area contributed by atoms with Gasteiger partial charge in [-0.05, 0) is 67.5 Å². The van der Waals surface area contributed by atoms with Crippen LogP contribution in [0.5, 0.6) is 5.75 Å². The summed E-state index contributed by atoms with van der Waals surface area (Å²) in [5.74, 6) is 0.894. The Morgan fingerprint density at radius 3 is 2.33 bits per heavy atom. The summed E-state index contributed by atoms with van der Waals surface area (Å²) < 4.78 is 32.0. The fourth-order valence-corrected chi connectivity index (χ4v) is 4.52. The van der Waals surface area contributed by atoms with Gasteiger partial charge in [0.05, 0.1) is 13.2 Å². The first-order valence-corrected chi connectivity index (χ1v) is 11.7. The average Bonchev–Trinajstić information content (AvgIpc) is 3.57. The highest BCUT2D eigenvalue weighted by Crippen LogP contribution is 2.41. The van der Waals surface area contributed by atoms with Gasteiger partial charge in [-0.15, -0.1) is 0 Å². The number of benzene rings is 2. The van der Waals surface area contributed by atoms with Crippen molar-refractivity contribution in [2.24, 2.45) is 11.8 Å². The van der Waals surface area contributed by atoms with Gasteiger partial charge in [0.1, 0.15) is 10.6 Å². The Hall–Kier alpha value is -2.38. The molecule has 30 heavy (non-hydrogen) atoms. The molecule has 0 spiro atoms. The van der Waals surface area contributed by atoms with Crippen LogP contribution in [-0.2, 0) is 16.4 Å². The van der Waals surface area contributed by atoms with Gasteiger partial charge in [0.15, 0.2) is 0 Å². The standard InChI is InChI=1S/C23H30N2O4S/c1-15(2)13-16-5-7-17(8-6-16)22(18-9-10-18)25-23(26)19-11-12-20(29-4)21(14-19)30(27,28)24-3/h5-8,11-12,14-15,18,22,24H,9-10,13H2,1-4H3,(H,25,26). The van der Waals surface area contributed by atoms with Gasteiger partial charge in [-0.2, -0.15) is 0 Å². The van der Waals surface area contributed by atoms with Crippen LogP contribution >= 0.6 is 0 Å². The second kappa shape index (κ2) is 9.18. The van der Waals surface area contributed by atoms with Crippen molar-refractivity contribution in [1.82, 2.24) is 10.0 Å². The van der Waals surface area contributed by atoms with Crippen LogP contribution in [0, 0.1) is 11.8 Å². The monoisotopic (exact) mass is 430 g/mol. The normalized spacial score (nSPS) is 15.1. The summed E-state index contributed by atoms with van der Waals surface area (Å²) in [6.45, 7) is 4.39. The minimum atomic E-state index is -3.75. The van der Waals surface area contributed by atoms with Gasteiger partial charge in [0.25, 0.3) is 5.91 Å². The molecule has 6 nitrogen and oxygen atoms in total. The van der Waals surface area contributed by atoms with Crippen molar-refractivity contribution in [3.63, 3.8) is 0 Å². The predicted octanol–water partition coefficient (Wildman–Crippen LogP) is 3.68. The van der Waals surface area contributed by atoms with Crippen LogP contribution < -0.4 is 14.8 Å². The lowest BCUT2D eigenvalue weighted by molar-refractivity contribution is 0.0931. The van der Waals surface area contributed by atoms with Crippen LogP contribution in [0.3, 0.4) is 0 Å². The predicted molar refractivity (Wildman–Crippen MR) is 117 cm³/mol. The third-order valence-electron chi connectivity index (χ3n) is 5.35. The van der Waals surface area contributed by atoms with Crippen molar-refractivity contribution < 1.29 is 17.9 Å². The van der Waals surface area contributed by atoms with Gasteiger partial charge in [0, 0.05) is 5.56 Å². The van der Waals surface area contributed by atoms with Gasteiger partial charge in [-0.25, -0.2) is 13.1 Å². The minimum absolute atomic E-state index is 0.0545. The molecule has 2 aromatic rings. The average molecular weight is 431 g/mol. The molecule has 0 bridgehead atoms. The maximum atomic E-state index is 13.0. The summed E-state index contributed by atoms with van der Waals surface area (Å²) in [6.07, 6.45) is 3.16. The van der Waals surface area contributed by atoms with E-state index in [-0.39, 0.29) is 28.2 Å². The molecular weight excluding hydrogens is 400 g/mol. The Balaban J connectivity index is 1.83. The highest BCUT2D eigenvalue weighted by Gasteiger charge is 2.34. The quantitative estimate of drug-likeness (QED) is 0.636. The molecule has 0 radical (unpaired) electrons. The fourth-order valence-electron chi connectivity index (χ4n) is 3.60. The number of carbonyl (C=O) groups excluding carboxylic acids is 1. The van der Waals surface area contributed by atoms with Gasteiger partial charge in [0.2, 0.25) is 10.0 Å². The van der Waals surface area contributed by atoms with Crippen LogP contribution in [0.25, 0.3) is 0 Å². The lowest BCUT2D eigenvalue weighted by Crippen LogP contribution is -2.30. The van der Waals surface area contributed by atoms with Crippen molar-refractivity contribution in [3.8, 4) is 5.75 Å². The van der Waals surface area contributed by atoms with E-state index < -0.39 is 10.0 Å². The van der Waals surface area contributed by atoms with Crippen molar-refractivity contribution >= 4 is 15.9 Å². The van der Waals surface area contributed by atoms with E-state index in [2.05, 4.69) is 48.2 Å². The first-order valence-electron chi connectivity index (χ1n) is 10.3. The zero-order valence-corrected chi connectivity index (χ0v) is 18.8. The number of ether oxygens (including phenoxy) is 1. The van der Waals surface area contributed by atoms with E-state index in [1.165, 1.54) is 31.9 Å². The Morgan fingerprint density at radius 1 is 1.13 bits per heavy atom. The molecule has 1 atom stereocenters. The van der Waals surface area contributed by atoms with Gasteiger partial charge >= 0.3 is 0 Å². The van der Waals surface area contributed by atoms with Crippen molar-refractivity contribution in [2.45, 2.75) is 44.0 Å². The molecule has 1 fully saturated rings. The molecular formula is C23H30N2O4S. The third kappa shape index (κ3) is 5.21. The van der Waals surface area contributed by atoms with Crippen LogP contribution in [0.1, 0.15) is 54.2 Å². The number of hydrogen-bond acceptors (Lipinski definition) is 4. The fraction of sp³-hybridized carbons (Fsp3) is 0.435. The largest absolute Gasteiger partial charge is 0.495 e. The number of rotatable bonds is 9. The number of hydrogen-bond donors (Lipinski definition) is 2. The van der Waals surface area contributed by atoms with Crippen LogP contribution in [-0.4, -0.2) is 28.5 Å².